The van der Waals surface area contributed by atoms with E-state index < -0.39 is 0 Å². The summed E-state index contributed by atoms with van der Waals surface area (Å²) in [6.07, 6.45) is 5.89. The number of aromatic nitrogens is 2. The molecule has 1 saturated heterocycles. The highest BCUT2D eigenvalue weighted by molar-refractivity contribution is 5.99. The predicted molar refractivity (Wildman–Crippen MR) is 111 cm³/mol. The lowest BCUT2D eigenvalue weighted by molar-refractivity contribution is 0.0981. The van der Waals surface area contributed by atoms with Crippen molar-refractivity contribution < 1.29 is 4.74 Å². The second-order valence-corrected chi connectivity index (χ2v) is 7.33. The summed E-state index contributed by atoms with van der Waals surface area (Å²) in [7, 11) is 0. The van der Waals surface area contributed by atoms with Gasteiger partial charge in [-0.1, -0.05) is 25.5 Å². The molecule has 2 unspecified atom stereocenters. The van der Waals surface area contributed by atoms with E-state index in [1.54, 1.807) is 0 Å². The number of fused-ring (bicyclic) bond motifs is 1. The Morgan fingerprint density at radius 1 is 1.29 bits per heavy atom. The van der Waals surface area contributed by atoms with Crippen LogP contribution in [0.4, 0.5) is 5.69 Å². The maximum atomic E-state index is 5.88. The molecule has 148 valence electrons. The first-order chi connectivity index (χ1) is 13.7. The molecular weight excluding hydrogens is 352 g/mol. The van der Waals surface area contributed by atoms with Crippen molar-refractivity contribution in [2.75, 3.05) is 31.6 Å². The van der Waals surface area contributed by atoms with Crippen molar-refractivity contribution >= 4 is 11.5 Å². The fourth-order valence-corrected chi connectivity index (χ4v) is 3.74. The third-order valence-electron chi connectivity index (χ3n) is 5.15. The Kier molecular flexibility index (Phi) is 5.83. The van der Waals surface area contributed by atoms with Crippen LogP contribution in [-0.4, -0.2) is 53.1 Å². The Bertz CT molecular complexity index is 822. The highest BCUT2D eigenvalue weighted by atomic mass is 16.5. The van der Waals surface area contributed by atoms with E-state index in [9.17, 15) is 0 Å². The van der Waals surface area contributed by atoms with Crippen molar-refractivity contribution in [3.05, 3.63) is 48.0 Å². The Hall–Kier alpha value is -2.51. The monoisotopic (exact) mass is 380 g/mol. The van der Waals surface area contributed by atoms with Gasteiger partial charge in [0, 0.05) is 32.0 Å². The third-order valence-corrected chi connectivity index (χ3v) is 5.15. The van der Waals surface area contributed by atoms with Gasteiger partial charge in [0.2, 0.25) is 0 Å². The van der Waals surface area contributed by atoms with Crippen LogP contribution in [-0.2, 0) is 0 Å². The molecule has 28 heavy (non-hydrogen) atoms. The number of anilines is 1. The number of benzene rings is 1. The topological polar surface area (TPSA) is 74.7 Å². The van der Waals surface area contributed by atoms with Crippen LogP contribution < -0.4 is 15.4 Å². The Morgan fingerprint density at radius 3 is 2.93 bits per heavy atom. The lowest BCUT2D eigenvalue weighted by Gasteiger charge is -2.39. The number of nitrogens with zero attached hydrogens (tertiary/aromatic N) is 4. The van der Waals surface area contributed by atoms with Crippen LogP contribution >= 0.6 is 0 Å². The number of aliphatic imine (C=N–C) groups is 1. The molecule has 0 saturated carbocycles. The minimum Gasteiger partial charge on any atom is -0.484 e. The number of hydrogen-bond acceptors (Lipinski definition) is 6. The molecule has 0 amide bonds. The van der Waals surface area contributed by atoms with E-state index in [0.29, 0.717) is 6.61 Å². The zero-order valence-corrected chi connectivity index (χ0v) is 16.6. The molecule has 2 aliphatic rings. The number of piperazine rings is 1. The molecule has 0 aliphatic carbocycles. The lowest BCUT2D eigenvalue weighted by Crippen LogP contribution is -2.51. The third kappa shape index (κ3) is 4.15. The van der Waals surface area contributed by atoms with Crippen molar-refractivity contribution in [1.29, 1.82) is 0 Å². The van der Waals surface area contributed by atoms with Crippen LogP contribution in [0.25, 0.3) is 0 Å². The second-order valence-electron chi connectivity index (χ2n) is 7.33. The zero-order valence-electron chi connectivity index (χ0n) is 16.6. The van der Waals surface area contributed by atoms with Gasteiger partial charge >= 0.3 is 0 Å². The van der Waals surface area contributed by atoms with Crippen LogP contribution in [0.2, 0.25) is 0 Å². The zero-order chi connectivity index (χ0) is 19.3. The maximum absolute atomic E-state index is 5.88. The van der Waals surface area contributed by atoms with Crippen molar-refractivity contribution in [1.82, 2.24) is 20.2 Å². The van der Waals surface area contributed by atoms with Gasteiger partial charge in [0.25, 0.3) is 0 Å². The Labute approximate surface area is 166 Å². The summed E-state index contributed by atoms with van der Waals surface area (Å²) in [6, 6.07) is 8.10. The second kappa shape index (κ2) is 8.67. The van der Waals surface area contributed by atoms with Crippen LogP contribution in [0.15, 0.2) is 41.7 Å². The van der Waals surface area contributed by atoms with E-state index in [1.165, 1.54) is 0 Å². The first kappa shape index (κ1) is 18.8. The Morgan fingerprint density at radius 2 is 2.11 bits per heavy atom. The predicted octanol–water partition coefficient (Wildman–Crippen LogP) is 2.76. The standard InChI is InChI=1S/C21H28N6O/c1-3-6-20(26-19-14-28-18-8-5-4-7-16(18)25-19)27-10-9-22-13-17(27)21-23-11-15(2)12-24-21/h4-5,7-8,11-12,17,20,22H,3,6,9-10,13-14H2,1-2H3,(H,25,26). The van der Waals surface area contributed by atoms with Gasteiger partial charge in [-0.15, -0.1) is 0 Å². The van der Waals surface area contributed by atoms with Gasteiger partial charge in [-0.3, -0.25) is 4.90 Å². The SMILES string of the molecule is CCCC(N=C1COc2ccccc2N1)N1CCNCC1c1ncc(C)cn1. The van der Waals surface area contributed by atoms with Gasteiger partial charge < -0.3 is 15.4 Å². The van der Waals surface area contributed by atoms with Gasteiger partial charge in [0.1, 0.15) is 30.2 Å². The van der Waals surface area contributed by atoms with Gasteiger partial charge in [0.05, 0.1) is 11.7 Å². The summed E-state index contributed by atoms with van der Waals surface area (Å²) in [6.45, 7) is 7.38. The summed E-state index contributed by atoms with van der Waals surface area (Å²) in [5.74, 6) is 2.61. The number of hydrogen-bond donors (Lipinski definition) is 2. The number of ether oxygens (including phenoxy) is 1. The van der Waals surface area contributed by atoms with Gasteiger partial charge in [-0.25, -0.2) is 15.0 Å². The summed E-state index contributed by atoms with van der Waals surface area (Å²) in [4.78, 5) is 16.7. The highest BCUT2D eigenvalue weighted by Gasteiger charge is 2.31. The number of amidine groups is 1. The molecule has 0 spiro atoms. The number of rotatable bonds is 5. The lowest BCUT2D eigenvalue weighted by atomic mass is 10.1. The van der Waals surface area contributed by atoms with Crippen LogP contribution in [0, 0.1) is 6.92 Å². The molecule has 2 aromatic rings. The van der Waals surface area contributed by atoms with E-state index in [2.05, 4.69) is 32.4 Å². The van der Waals surface area contributed by atoms with Crippen LogP contribution in [0.5, 0.6) is 5.75 Å². The maximum Gasteiger partial charge on any atom is 0.146 e. The van der Waals surface area contributed by atoms with E-state index in [0.717, 1.165) is 61.1 Å². The summed E-state index contributed by atoms with van der Waals surface area (Å²) >= 11 is 0. The minimum absolute atomic E-state index is 0.0679. The molecule has 0 radical (unpaired) electrons. The van der Waals surface area contributed by atoms with E-state index in [-0.39, 0.29) is 12.2 Å². The Balaban J connectivity index is 1.58. The fourth-order valence-electron chi connectivity index (χ4n) is 3.74. The normalized spacial score (nSPS) is 22.2. The molecule has 2 atom stereocenters. The van der Waals surface area contributed by atoms with Crippen molar-refractivity contribution in [3.8, 4) is 5.75 Å². The number of aryl methyl sites for hydroxylation is 1. The number of nitrogens with one attached hydrogen (secondary N) is 2. The molecular formula is C21H28N6O. The van der Waals surface area contributed by atoms with Gasteiger partial charge in [0.15, 0.2) is 0 Å². The molecule has 1 aromatic heterocycles. The van der Waals surface area contributed by atoms with Gasteiger partial charge in [-0.2, -0.15) is 0 Å². The summed E-state index contributed by atoms with van der Waals surface area (Å²) in [5, 5.41) is 6.92. The molecule has 1 fully saturated rings. The first-order valence-corrected chi connectivity index (χ1v) is 10.0. The highest BCUT2D eigenvalue weighted by Crippen LogP contribution is 2.28. The molecule has 2 N–H and O–H groups in total. The summed E-state index contributed by atoms with van der Waals surface area (Å²) < 4.78 is 5.88. The van der Waals surface area contributed by atoms with Crippen molar-refractivity contribution in [2.24, 2.45) is 4.99 Å². The quantitative estimate of drug-likeness (QED) is 0.831. The molecule has 2 aliphatic heterocycles. The van der Waals surface area contributed by atoms with Crippen molar-refractivity contribution in [3.63, 3.8) is 0 Å². The average molecular weight is 380 g/mol. The van der Waals surface area contributed by atoms with Crippen LogP contribution in [0.1, 0.15) is 37.2 Å². The average Bonchev–Trinajstić information content (AvgIpc) is 2.74. The van der Waals surface area contributed by atoms with E-state index in [4.69, 9.17) is 9.73 Å². The van der Waals surface area contributed by atoms with E-state index >= 15 is 0 Å². The fraction of sp³-hybridized carbons (Fsp3) is 0.476. The molecule has 1 aromatic carbocycles. The molecule has 4 rings (SSSR count). The molecule has 0 bridgehead atoms. The van der Waals surface area contributed by atoms with Crippen molar-refractivity contribution in [2.45, 2.75) is 38.9 Å². The summed E-state index contributed by atoms with van der Waals surface area (Å²) in [5.41, 5.74) is 2.05. The van der Waals surface area contributed by atoms with Crippen LogP contribution in [0.3, 0.4) is 0 Å². The van der Waals surface area contributed by atoms with E-state index in [1.807, 2.05) is 43.6 Å². The number of para-hydroxylation sites is 2. The van der Waals surface area contributed by atoms with Gasteiger partial charge in [-0.05, 0) is 31.0 Å². The molecule has 7 heteroatoms. The first-order valence-electron chi connectivity index (χ1n) is 10.0. The molecule has 3 heterocycles. The minimum atomic E-state index is 0.0679. The smallest absolute Gasteiger partial charge is 0.146 e. The largest absolute Gasteiger partial charge is 0.484 e. The molecule has 7 nitrogen and oxygen atoms in total.